The smallest absolute Gasteiger partial charge is 0.139 e. The van der Waals surface area contributed by atoms with E-state index in [0.717, 1.165) is 12.7 Å². The van der Waals surface area contributed by atoms with Gasteiger partial charge in [-0.3, -0.25) is 5.11 Å². The summed E-state index contributed by atoms with van der Waals surface area (Å²) in [5.41, 5.74) is 0. The van der Waals surface area contributed by atoms with Crippen LogP contribution in [0.25, 0.3) is 0 Å². The molecule has 0 N–H and O–H groups in total. The highest BCUT2D eigenvalue weighted by atomic mass is 16.2. The molecule has 0 spiro atoms. The Hall–Kier alpha value is -0.460. The molecule has 0 aromatic rings. The van der Waals surface area contributed by atoms with Crippen LogP contribution in [0.15, 0.2) is 12.3 Å². The molecule has 0 aromatic carbocycles. The van der Waals surface area contributed by atoms with Crippen LogP contribution in [0.2, 0.25) is 0 Å². The largest absolute Gasteiger partial charge is 0.299 e. The van der Waals surface area contributed by atoms with Crippen molar-refractivity contribution in [3.05, 3.63) is 12.3 Å². The maximum atomic E-state index is 9.72. The van der Waals surface area contributed by atoms with Gasteiger partial charge in [-0.25, -0.2) is 0 Å². The van der Waals surface area contributed by atoms with Gasteiger partial charge < -0.3 is 0 Å². The quantitative estimate of drug-likeness (QED) is 0.472. The molecule has 41 valence electrons. The van der Waals surface area contributed by atoms with Crippen LogP contribution < -0.4 is 0 Å². The zero-order chi connectivity index (χ0) is 5.70. The minimum Gasteiger partial charge on any atom is -0.299 e. The highest BCUT2D eigenvalue weighted by Gasteiger charge is 1.87. The Morgan fingerprint density at radius 3 is 2.43 bits per heavy atom. The highest BCUT2D eigenvalue weighted by molar-refractivity contribution is 4.76. The number of allylic oxidation sites excluding steroid dienone is 1. The zero-order valence-electron chi connectivity index (χ0n) is 4.85. The first kappa shape index (κ1) is 6.54. The van der Waals surface area contributed by atoms with Gasteiger partial charge in [0.2, 0.25) is 0 Å². The molecule has 1 nitrogen and oxygen atoms in total. The maximum absolute atomic E-state index is 9.72. The van der Waals surface area contributed by atoms with Gasteiger partial charge in [-0.2, -0.15) is 0 Å². The van der Waals surface area contributed by atoms with E-state index in [1.54, 1.807) is 6.08 Å². The molecule has 1 radical (unpaired) electrons. The summed E-state index contributed by atoms with van der Waals surface area (Å²) in [6.07, 6.45) is 3.58. The second-order valence-electron chi connectivity index (χ2n) is 1.71. The van der Waals surface area contributed by atoms with E-state index in [2.05, 4.69) is 6.92 Å². The van der Waals surface area contributed by atoms with Crippen LogP contribution in [0.3, 0.4) is 0 Å². The third-order valence-electron chi connectivity index (χ3n) is 1.05. The van der Waals surface area contributed by atoms with Gasteiger partial charge in [0.15, 0.2) is 0 Å². The third-order valence-corrected chi connectivity index (χ3v) is 1.05. The lowest BCUT2D eigenvalue weighted by molar-refractivity contribution is 0.346. The fourth-order valence-electron chi connectivity index (χ4n) is 0.270. The predicted molar refractivity (Wildman–Crippen MR) is 29.3 cm³/mol. The van der Waals surface area contributed by atoms with Crippen molar-refractivity contribution < 1.29 is 5.11 Å². The molecule has 0 aliphatic rings. The minimum absolute atomic E-state index is 0.456. The summed E-state index contributed by atoms with van der Waals surface area (Å²) in [4.78, 5) is 0. The molecule has 0 bridgehead atoms. The van der Waals surface area contributed by atoms with Crippen LogP contribution in [-0.2, 0) is 5.11 Å². The molecule has 0 saturated heterocycles. The number of hydrogen-bond acceptors (Lipinski definition) is 0. The van der Waals surface area contributed by atoms with Crippen molar-refractivity contribution in [3.63, 3.8) is 0 Å². The van der Waals surface area contributed by atoms with Crippen molar-refractivity contribution in [1.82, 2.24) is 0 Å². The first-order chi connectivity index (χ1) is 3.31. The van der Waals surface area contributed by atoms with E-state index in [1.165, 1.54) is 0 Å². The van der Waals surface area contributed by atoms with E-state index in [4.69, 9.17) is 0 Å². The van der Waals surface area contributed by atoms with E-state index in [1.807, 2.05) is 6.92 Å². The Bertz CT molecular complexity index is 57.2. The molecule has 0 aliphatic carbocycles. The van der Waals surface area contributed by atoms with Gasteiger partial charge in [0.05, 0.1) is 0 Å². The van der Waals surface area contributed by atoms with Crippen LogP contribution in [0.1, 0.15) is 20.3 Å². The lowest BCUT2D eigenvalue weighted by Gasteiger charge is -1.94. The summed E-state index contributed by atoms with van der Waals surface area (Å²) in [6.45, 7) is 4.08. The Labute approximate surface area is 44.7 Å². The van der Waals surface area contributed by atoms with Crippen molar-refractivity contribution in [2.75, 3.05) is 0 Å². The van der Waals surface area contributed by atoms with E-state index in [9.17, 15) is 5.11 Å². The number of hydrogen-bond donors (Lipinski definition) is 0. The van der Waals surface area contributed by atoms with Crippen LogP contribution >= 0.6 is 0 Å². The summed E-state index contributed by atoms with van der Waals surface area (Å²) in [5.74, 6) is 0.456. The van der Waals surface area contributed by atoms with Crippen LogP contribution in [-0.4, -0.2) is 0 Å². The zero-order valence-corrected chi connectivity index (χ0v) is 4.85. The fraction of sp³-hybridized carbons (Fsp3) is 0.667. The minimum atomic E-state index is 0.456. The molecular weight excluding hydrogens is 88.1 g/mol. The molecule has 1 unspecified atom stereocenters. The van der Waals surface area contributed by atoms with Crippen molar-refractivity contribution in [2.45, 2.75) is 20.3 Å². The standard InChI is InChI=1S/C6H11O/c1-3-6(2)4-5-7/h4-6H,3H2,1-2H3. The third kappa shape index (κ3) is 3.37. The summed E-state index contributed by atoms with van der Waals surface area (Å²) < 4.78 is 0. The first-order valence-corrected chi connectivity index (χ1v) is 2.60. The molecule has 0 aliphatic heterocycles. The topological polar surface area (TPSA) is 19.9 Å². The van der Waals surface area contributed by atoms with E-state index < -0.39 is 0 Å². The molecule has 7 heavy (non-hydrogen) atoms. The Morgan fingerprint density at radius 1 is 1.71 bits per heavy atom. The summed E-state index contributed by atoms with van der Waals surface area (Å²) >= 11 is 0. The maximum Gasteiger partial charge on any atom is 0.139 e. The van der Waals surface area contributed by atoms with Gasteiger partial charge in [0.25, 0.3) is 0 Å². The van der Waals surface area contributed by atoms with Crippen molar-refractivity contribution in [1.29, 1.82) is 0 Å². The van der Waals surface area contributed by atoms with Crippen LogP contribution in [0.4, 0.5) is 0 Å². The SMILES string of the molecule is CCC(C)C=C[O]. The average Bonchev–Trinajstić information content (AvgIpc) is 1.68. The molecule has 0 rings (SSSR count). The van der Waals surface area contributed by atoms with E-state index in [0.29, 0.717) is 5.92 Å². The average molecular weight is 99.2 g/mol. The van der Waals surface area contributed by atoms with Gasteiger partial charge in [0, 0.05) is 0 Å². The molecule has 1 heteroatoms. The van der Waals surface area contributed by atoms with Crippen molar-refractivity contribution in [3.8, 4) is 0 Å². The summed E-state index contributed by atoms with van der Waals surface area (Å²) in [5, 5.41) is 9.72. The molecular formula is C6H11O. The Balaban J connectivity index is 3.16. The predicted octanol–water partition coefficient (Wildman–Crippen LogP) is 1.98. The van der Waals surface area contributed by atoms with E-state index >= 15 is 0 Å². The second-order valence-corrected chi connectivity index (χ2v) is 1.71. The molecule has 0 amide bonds. The summed E-state index contributed by atoms with van der Waals surface area (Å²) in [6, 6.07) is 0. The normalized spacial score (nSPS) is 15.1. The number of rotatable bonds is 2. The fourth-order valence-corrected chi connectivity index (χ4v) is 0.270. The Morgan fingerprint density at radius 2 is 2.29 bits per heavy atom. The monoisotopic (exact) mass is 99.1 g/mol. The van der Waals surface area contributed by atoms with Crippen molar-refractivity contribution >= 4 is 0 Å². The lowest BCUT2D eigenvalue weighted by atomic mass is 10.1. The summed E-state index contributed by atoms with van der Waals surface area (Å²) in [7, 11) is 0. The van der Waals surface area contributed by atoms with Gasteiger partial charge in [-0.05, 0) is 18.4 Å². The molecule has 0 saturated carbocycles. The van der Waals surface area contributed by atoms with Gasteiger partial charge in [-0.15, -0.1) is 0 Å². The molecule has 0 heterocycles. The Kier molecular flexibility index (Phi) is 3.48. The van der Waals surface area contributed by atoms with E-state index in [-0.39, 0.29) is 0 Å². The highest BCUT2D eigenvalue weighted by Crippen LogP contribution is 1.99. The van der Waals surface area contributed by atoms with Crippen LogP contribution in [0.5, 0.6) is 0 Å². The van der Waals surface area contributed by atoms with Crippen LogP contribution in [0, 0.1) is 5.92 Å². The second kappa shape index (κ2) is 3.72. The molecule has 0 fully saturated rings. The van der Waals surface area contributed by atoms with Crippen molar-refractivity contribution in [2.24, 2.45) is 5.92 Å². The van der Waals surface area contributed by atoms with Gasteiger partial charge in [-0.1, -0.05) is 13.8 Å². The molecule has 1 atom stereocenters. The van der Waals surface area contributed by atoms with Gasteiger partial charge in [0.1, 0.15) is 6.26 Å². The van der Waals surface area contributed by atoms with Gasteiger partial charge >= 0.3 is 0 Å². The lowest BCUT2D eigenvalue weighted by Crippen LogP contribution is -1.82. The molecule has 0 aromatic heterocycles. The first-order valence-electron chi connectivity index (χ1n) is 2.60.